The number of rotatable bonds is 4. The molecule has 0 aliphatic carbocycles. The fourth-order valence-electron chi connectivity index (χ4n) is 2.90. The first-order valence-corrected chi connectivity index (χ1v) is 7.66. The number of benzene rings is 2. The van der Waals surface area contributed by atoms with Crippen molar-refractivity contribution in [1.29, 1.82) is 0 Å². The molecule has 0 bridgehead atoms. The third-order valence-corrected chi connectivity index (χ3v) is 4.04. The van der Waals surface area contributed by atoms with E-state index in [9.17, 15) is 5.11 Å². The molecule has 0 aliphatic rings. The Morgan fingerprint density at radius 2 is 1.87 bits per heavy atom. The summed E-state index contributed by atoms with van der Waals surface area (Å²) >= 11 is 0. The molecule has 2 aromatic carbocycles. The van der Waals surface area contributed by atoms with Crippen LogP contribution in [0.4, 0.5) is 0 Å². The molecule has 1 aromatic heterocycles. The lowest BCUT2D eigenvalue weighted by Gasteiger charge is -2.13. The van der Waals surface area contributed by atoms with Crippen LogP contribution >= 0.6 is 0 Å². The first-order valence-electron chi connectivity index (χ1n) is 7.66. The number of ether oxygens (including phenoxy) is 1. The maximum absolute atomic E-state index is 10.5. The van der Waals surface area contributed by atoms with Crippen molar-refractivity contribution in [2.75, 3.05) is 7.11 Å². The second-order valence-electron chi connectivity index (χ2n) is 5.47. The zero-order valence-electron chi connectivity index (χ0n) is 13.6. The van der Waals surface area contributed by atoms with E-state index in [0.29, 0.717) is 5.75 Å². The molecule has 0 saturated heterocycles. The summed E-state index contributed by atoms with van der Waals surface area (Å²) in [7, 11) is 1.60. The number of nitrogens with one attached hydrogen (secondary N) is 1. The Balaban J connectivity index is 2.25. The summed E-state index contributed by atoms with van der Waals surface area (Å²) in [5.41, 5.74) is 5.60. The number of phenols is 1. The van der Waals surface area contributed by atoms with E-state index in [2.05, 4.69) is 17.1 Å². The molecule has 0 unspecified atom stereocenters. The molecule has 23 heavy (non-hydrogen) atoms. The number of nitrogens with zero attached hydrogens (tertiary/aromatic N) is 1. The monoisotopic (exact) mass is 308 g/mol. The Morgan fingerprint density at radius 1 is 1.13 bits per heavy atom. The molecule has 0 aliphatic heterocycles. The summed E-state index contributed by atoms with van der Waals surface area (Å²) in [6, 6.07) is 13.7. The normalized spacial score (nSPS) is 10.7. The van der Waals surface area contributed by atoms with Crippen LogP contribution in [0.2, 0.25) is 0 Å². The van der Waals surface area contributed by atoms with E-state index in [1.807, 2.05) is 43.3 Å². The smallest absolute Gasteiger partial charge is 0.129 e. The molecule has 3 aromatic rings. The van der Waals surface area contributed by atoms with Gasteiger partial charge in [-0.3, -0.25) is 5.10 Å². The van der Waals surface area contributed by atoms with Gasteiger partial charge in [0.1, 0.15) is 17.2 Å². The number of hydrogen-bond acceptors (Lipinski definition) is 3. The zero-order valence-corrected chi connectivity index (χ0v) is 13.6. The van der Waals surface area contributed by atoms with E-state index in [4.69, 9.17) is 4.74 Å². The molecule has 0 amide bonds. The number of aryl methyl sites for hydroxylation is 2. The van der Waals surface area contributed by atoms with Crippen LogP contribution in [0.5, 0.6) is 11.5 Å². The third kappa shape index (κ3) is 2.68. The molecule has 0 saturated carbocycles. The largest absolute Gasteiger partial charge is 0.507 e. The molecule has 0 fully saturated rings. The first-order chi connectivity index (χ1) is 11.2. The molecule has 118 valence electrons. The van der Waals surface area contributed by atoms with Gasteiger partial charge in [0, 0.05) is 22.9 Å². The van der Waals surface area contributed by atoms with Crippen molar-refractivity contribution in [3.8, 4) is 33.9 Å². The molecule has 0 radical (unpaired) electrons. The fourth-order valence-corrected chi connectivity index (χ4v) is 2.90. The Labute approximate surface area is 135 Å². The predicted octanol–water partition coefficient (Wildman–Crippen LogP) is 4.33. The summed E-state index contributed by atoms with van der Waals surface area (Å²) in [5, 5.41) is 18.0. The Morgan fingerprint density at radius 3 is 2.52 bits per heavy atom. The number of H-pyrrole nitrogens is 1. The fraction of sp³-hybridized carbons (Fsp3) is 0.211. The minimum absolute atomic E-state index is 0.185. The average molecular weight is 308 g/mol. The topological polar surface area (TPSA) is 58.1 Å². The van der Waals surface area contributed by atoms with Gasteiger partial charge in [-0.1, -0.05) is 37.3 Å². The van der Waals surface area contributed by atoms with Gasteiger partial charge in [-0.25, -0.2) is 0 Å². The van der Waals surface area contributed by atoms with Gasteiger partial charge in [-0.2, -0.15) is 5.10 Å². The molecule has 3 rings (SSSR count). The van der Waals surface area contributed by atoms with Crippen LogP contribution in [0.3, 0.4) is 0 Å². The van der Waals surface area contributed by atoms with Crippen molar-refractivity contribution in [3.63, 3.8) is 0 Å². The molecular weight excluding hydrogens is 288 g/mol. The third-order valence-electron chi connectivity index (χ3n) is 4.04. The van der Waals surface area contributed by atoms with Crippen molar-refractivity contribution in [2.45, 2.75) is 20.3 Å². The summed E-state index contributed by atoms with van der Waals surface area (Å²) in [6.07, 6.45) is 0.778. The zero-order chi connectivity index (χ0) is 16.4. The van der Waals surface area contributed by atoms with Gasteiger partial charge in [0.05, 0.1) is 7.11 Å². The van der Waals surface area contributed by atoms with E-state index in [1.165, 1.54) is 0 Å². The number of methoxy groups -OCH3 is 1. The minimum Gasteiger partial charge on any atom is -0.507 e. The van der Waals surface area contributed by atoms with Crippen LogP contribution in [0, 0.1) is 6.92 Å². The summed E-state index contributed by atoms with van der Waals surface area (Å²) in [6.45, 7) is 4.05. The van der Waals surface area contributed by atoms with E-state index in [0.717, 1.165) is 40.1 Å². The van der Waals surface area contributed by atoms with Gasteiger partial charge in [-0.05, 0) is 30.5 Å². The highest BCUT2D eigenvalue weighted by Gasteiger charge is 2.20. The van der Waals surface area contributed by atoms with Gasteiger partial charge in [0.15, 0.2) is 0 Å². The average Bonchev–Trinajstić information content (AvgIpc) is 2.95. The van der Waals surface area contributed by atoms with Crippen LogP contribution < -0.4 is 4.74 Å². The Hall–Kier alpha value is -2.75. The first kappa shape index (κ1) is 15.2. The summed E-state index contributed by atoms with van der Waals surface area (Å²) < 4.78 is 5.26. The minimum atomic E-state index is 0.185. The maximum Gasteiger partial charge on any atom is 0.129 e. The van der Waals surface area contributed by atoms with Gasteiger partial charge in [0.2, 0.25) is 0 Å². The molecule has 2 N–H and O–H groups in total. The van der Waals surface area contributed by atoms with E-state index < -0.39 is 0 Å². The van der Waals surface area contributed by atoms with Crippen molar-refractivity contribution in [1.82, 2.24) is 10.2 Å². The molecular formula is C19H20N2O2. The van der Waals surface area contributed by atoms with Gasteiger partial charge >= 0.3 is 0 Å². The number of hydrogen-bond donors (Lipinski definition) is 2. The van der Waals surface area contributed by atoms with Gasteiger partial charge < -0.3 is 9.84 Å². The van der Waals surface area contributed by atoms with Gasteiger partial charge in [-0.15, -0.1) is 0 Å². The van der Waals surface area contributed by atoms with Crippen molar-refractivity contribution in [2.24, 2.45) is 0 Å². The molecule has 0 atom stereocenters. The highest BCUT2D eigenvalue weighted by atomic mass is 16.5. The number of phenolic OH excluding ortho intramolecular Hbond substituents is 1. The molecule has 4 heteroatoms. The van der Waals surface area contributed by atoms with Crippen molar-refractivity contribution >= 4 is 0 Å². The lowest BCUT2D eigenvalue weighted by molar-refractivity contribution is 0.407. The second-order valence-corrected chi connectivity index (χ2v) is 5.47. The quantitative estimate of drug-likeness (QED) is 0.754. The highest BCUT2D eigenvalue weighted by Crippen LogP contribution is 2.41. The number of aromatic nitrogens is 2. The SMILES string of the molecule is CCc1cc(OC)cc(O)c1-c1n[nH]c(C)c1-c1ccccc1. The standard InChI is InChI=1S/C19H20N2O2/c1-4-13-10-15(23-3)11-16(22)18(13)19-17(12(2)20-21-19)14-8-6-5-7-9-14/h5-11,22H,4H2,1-3H3,(H,20,21). The summed E-state index contributed by atoms with van der Waals surface area (Å²) in [4.78, 5) is 0. The van der Waals surface area contributed by atoms with Crippen LogP contribution in [-0.4, -0.2) is 22.4 Å². The van der Waals surface area contributed by atoms with Crippen LogP contribution in [0.25, 0.3) is 22.4 Å². The van der Waals surface area contributed by atoms with E-state index in [1.54, 1.807) is 13.2 Å². The van der Waals surface area contributed by atoms with Crippen LogP contribution in [-0.2, 0) is 6.42 Å². The second kappa shape index (κ2) is 6.16. The molecule has 0 spiro atoms. The van der Waals surface area contributed by atoms with Crippen molar-refractivity contribution in [3.05, 3.63) is 53.7 Å². The van der Waals surface area contributed by atoms with E-state index in [-0.39, 0.29) is 5.75 Å². The Bertz CT molecular complexity index is 823. The maximum atomic E-state index is 10.5. The lowest BCUT2D eigenvalue weighted by Crippen LogP contribution is -1.94. The number of aromatic amines is 1. The molecule has 4 nitrogen and oxygen atoms in total. The van der Waals surface area contributed by atoms with Gasteiger partial charge in [0.25, 0.3) is 0 Å². The van der Waals surface area contributed by atoms with E-state index >= 15 is 0 Å². The van der Waals surface area contributed by atoms with Crippen molar-refractivity contribution < 1.29 is 9.84 Å². The predicted molar refractivity (Wildman–Crippen MR) is 91.8 cm³/mol. The highest BCUT2D eigenvalue weighted by molar-refractivity contribution is 5.86. The van der Waals surface area contributed by atoms with Crippen LogP contribution in [0.1, 0.15) is 18.2 Å². The summed E-state index contributed by atoms with van der Waals surface area (Å²) in [5.74, 6) is 0.835. The van der Waals surface area contributed by atoms with Crippen LogP contribution in [0.15, 0.2) is 42.5 Å². The Kier molecular flexibility index (Phi) is 4.06. The lowest BCUT2D eigenvalue weighted by atomic mass is 9.94. The molecule has 1 heterocycles. The number of aromatic hydroxyl groups is 1.